The lowest BCUT2D eigenvalue weighted by atomic mass is 10.3. The zero-order chi connectivity index (χ0) is 25.0. The van der Waals surface area contributed by atoms with Gasteiger partial charge in [-0.05, 0) is 68.4 Å². The fourth-order valence-electron chi connectivity index (χ4n) is 3.69. The SMILES string of the molecule is CCOc1ccc(S(=O)(=O)N(CC(=O)Nc2ccc3c(c2)sc(=O)n3CC)c2ccccc2)cc1. The number of aromatic nitrogens is 1. The number of thiazole rings is 1. The maximum absolute atomic E-state index is 13.5. The first kappa shape index (κ1) is 24.5. The average Bonchev–Trinajstić information content (AvgIpc) is 3.17. The Bertz CT molecular complexity index is 1490. The summed E-state index contributed by atoms with van der Waals surface area (Å²) in [6.07, 6.45) is 0. The van der Waals surface area contributed by atoms with Crippen LogP contribution in [-0.4, -0.2) is 32.0 Å². The number of para-hydroxylation sites is 1. The molecular formula is C25H25N3O5S2. The zero-order valence-electron chi connectivity index (χ0n) is 19.3. The van der Waals surface area contributed by atoms with E-state index in [-0.39, 0.29) is 9.77 Å². The Morgan fingerprint density at radius 1 is 1.03 bits per heavy atom. The molecule has 0 bridgehead atoms. The van der Waals surface area contributed by atoms with E-state index in [0.717, 1.165) is 25.9 Å². The van der Waals surface area contributed by atoms with Crippen LogP contribution in [0.4, 0.5) is 11.4 Å². The molecule has 8 nitrogen and oxygen atoms in total. The van der Waals surface area contributed by atoms with Crippen LogP contribution in [0.15, 0.2) is 82.5 Å². The van der Waals surface area contributed by atoms with Gasteiger partial charge in [-0.15, -0.1) is 0 Å². The van der Waals surface area contributed by atoms with Crippen molar-refractivity contribution in [2.24, 2.45) is 0 Å². The summed E-state index contributed by atoms with van der Waals surface area (Å²) >= 11 is 1.10. The van der Waals surface area contributed by atoms with Crippen molar-refractivity contribution in [1.29, 1.82) is 0 Å². The molecule has 0 fully saturated rings. The van der Waals surface area contributed by atoms with E-state index in [1.807, 2.05) is 13.8 Å². The number of benzene rings is 3. The topological polar surface area (TPSA) is 97.7 Å². The van der Waals surface area contributed by atoms with E-state index in [1.54, 1.807) is 65.2 Å². The number of fused-ring (bicyclic) bond motifs is 1. The van der Waals surface area contributed by atoms with Gasteiger partial charge in [0.05, 0.1) is 27.4 Å². The molecule has 0 aliphatic carbocycles. The predicted octanol–water partition coefficient (Wildman–Crippen LogP) is 4.32. The number of sulfonamides is 1. The minimum absolute atomic E-state index is 0.0460. The minimum Gasteiger partial charge on any atom is -0.494 e. The maximum atomic E-state index is 13.5. The third kappa shape index (κ3) is 5.23. The third-order valence-corrected chi connectivity index (χ3v) is 8.05. The third-order valence-electron chi connectivity index (χ3n) is 5.32. The van der Waals surface area contributed by atoms with Gasteiger partial charge in [0, 0.05) is 12.2 Å². The lowest BCUT2D eigenvalue weighted by molar-refractivity contribution is -0.114. The van der Waals surface area contributed by atoms with E-state index in [4.69, 9.17) is 4.74 Å². The monoisotopic (exact) mass is 511 g/mol. The number of aryl methyl sites for hydroxylation is 1. The lowest BCUT2D eigenvalue weighted by Crippen LogP contribution is -2.38. The molecule has 1 aromatic heterocycles. The van der Waals surface area contributed by atoms with Crippen LogP contribution in [0.5, 0.6) is 5.75 Å². The second-order valence-corrected chi connectivity index (χ2v) is 10.5. The summed E-state index contributed by atoms with van der Waals surface area (Å²) < 4.78 is 35.9. The van der Waals surface area contributed by atoms with Gasteiger partial charge < -0.3 is 10.1 Å². The van der Waals surface area contributed by atoms with Crippen LogP contribution in [0.1, 0.15) is 13.8 Å². The molecule has 0 unspecified atom stereocenters. The van der Waals surface area contributed by atoms with E-state index >= 15 is 0 Å². The molecule has 3 aromatic carbocycles. The molecule has 0 atom stereocenters. The van der Waals surface area contributed by atoms with E-state index in [2.05, 4.69) is 5.32 Å². The fourth-order valence-corrected chi connectivity index (χ4v) is 6.10. The molecule has 0 aliphatic rings. The fraction of sp³-hybridized carbons (Fsp3) is 0.200. The molecule has 0 spiro atoms. The van der Waals surface area contributed by atoms with Gasteiger partial charge in [0.1, 0.15) is 12.3 Å². The van der Waals surface area contributed by atoms with Crippen molar-refractivity contribution in [3.63, 3.8) is 0 Å². The van der Waals surface area contributed by atoms with Crippen LogP contribution in [0.3, 0.4) is 0 Å². The van der Waals surface area contributed by atoms with E-state index in [1.165, 1.54) is 12.1 Å². The van der Waals surface area contributed by atoms with Gasteiger partial charge in [0.2, 0.25) is 5.91 Å². The minimum atomic E-state index is -4.04. The van der Waals surface area contributed by atoms with Crippen molar-refractivity contribution in [1.82, 2.24) is 4.57 Å². The molecule has 4 rings (SSSR count). The summed E-state index contributed by atoms with van der Waals surface area (Å²) in [4.78, 5) is 25.1. The predicted molar refractivity (Wildman–Crippen MR) is 139 cm³/mol. The van der Waals surface area contributed by atoms with Gasteiger partial charge in [0.15, 0.2) is 0 Å². The molecule has 1 heterocycles. The van der Waals surface area contributed by atoms with Gasteiger partial charge in [-0.1, -0.05) is 29.5 Å². The Morgan fingerprint density at radius 2 is 1.74 bits per heavy atom. The highest BCUT2D eigenvalue weighted by atomic mass is 32.2. The Morgan fingerprint density at radius 3 is 2.40 bits per heavy atom. The number of nitrogens with one attached hydrogen (secondary N) is 1. The first-order valence-electron chi connectivity index (χ1n) is 11.1. The second-order valence-electron chi connectivity index (χ2n) is 7.59. The highest BCUT2D eigenvalue weighted by Gasteiger charge is 2.27. The first-order valence-corrected chi connectivity index (χ1v) is 13.3. The highest BCUT2D eigenvalue weighted by molar-refractivity contribution is 7.92. The number of hydrogen-bond donors (Lipinski definition) is 1. The number of nitrogens with zero attached hydrogens (tertiary/aromatic N) is 2. The standard InChI is InChI=1S/C25H25N3O5S2/c1-3-27-22-15-10-18(16-23(22)34-25(27)30)26-24(29)17-28(19-8-6-5-7-9-19)35(31,32)21-13-11-20(12-14-21)33-4-2/h5-16H,3-4,17H2,1-2H3,(H,26,29). The number of carbonyl (C=O) groups is 1. The number of anilines is 2. The molecule has 182 valence electrons. The molecule has 35 heavy (non-hydrogen) atoms. The highest BCUT2D eigenvalue weighted by Crippen LogP contribution is 2.26. The first-order chi connectivity index (χ1) is 16.8. The summed E-state index contributed by atoms with van der Waals surface area (Å²) in [5.74, 6) is 0.0510. The number of ether oxygens (including phenoxy) is 1. The summed E-state index contributed by atoms with van der Waals surface area (Å²) in [6.45, 7) is 4.34. The van der Waals surface area contributed by atoms with Gasteiger partial charge in [0.25, 0.3) is 10.0 Å². The van der Waals surface area contributed by atoms with Crippen LogP contribution >= 0.6 is 11.3 Å². The van der Waals surface area contributed by atoms with E-state index in [9.17, 15) is 18.0 Å². The van der Waals surface area contributed by atoms with Crippen molar-refractivity contribution in [3.8, 4) is 5.75 Å². The van der Waals surface area contributed by atoms with Crippen molar-refractivity contribution >= 4 is 48.9 Å². The lowest BCUT2D eigenvalue weighted by Gasteiger charge is -2.24. The summed E-state index contributed by atoms with van der Waals surface area (Å²) in [7, 11) is -4.04. The van der Waals surface area contributed by atoms with Gasteiger partial charge >= 0.3 is 4.87 Å². The van der Waals surface area contributed by atoms with Crippen molar-refractivity contribution in [2.75, 3.05) is 22.8 Å². The second kappa shape index (κ2) is 10.3. The molecule has 0 radical (unpaired) electrons. The molecule has 1 amide bonds. The molecule has 0 saturated carbocycles. The molecule has 0 saturated heterocycles. The summed E-state index contributed by atoms with van der Waals surface area (Å²) in [6, 6.07) is 19.8. The van der Waals surface area contributed by atoms with Crippen LogP contribution in [0.25, 0.3) is 10.2 Å². The van der Waals surface area contributed by atoms with Crippen LogP contribution in [0.2, 0.25) is 0 Å². The molecular weight excluding hydrogens is 486 g/mol. The van der Waals surface area contributed by atoms with Crippen LogP contribution in [-0.2, 0) is 21.4 Å². The number of carbonyl (C=O) groups excluding carboxylic acids is 1. The summed E-state index contributed by atoms with van der Waals surface area (Å²) in [5, 5.41) is 2.76. The van der Waals surface area contributed by atoms with Crippen molar-refractivity contribution < 1.29 is 17.9 Å². The molecule has 1 N–H and O–H groups in total. The van der Waals surface area contributed by atoms with Gasteiger partial charge in [-0.3, -0.25) is 18.5 Å². The number of amides is 1. The maximum Gasteiger partial charge on any atom is 0.308 e. The van der Waals surface area contributed by atoms with Crippen molar-refractivity contribution in [3.05, 3.63) is 82.5 Å². The smallest absolute Gasteiger partial charge is 0.308 e. The molecule has 10 heteroatoms. The van der Waals surface area contributed by atoms with Gasteiger partial charge in [-0.25, -0.2) is 8.42 Å². The average molecular weight is 512 g/mol. The largest absolute Gasteiger partial charge is 0.494 e. The molecule has 4 aromatic rings. The normalized spacial score (nSPS) is 11.4. The van der Waals surface area contributed by atoms with E-state index in [0.29, 0.717) is 30.3 Å². The van der Waals surface area contributed by atoms with Gasteiger partial charge in [-0.2, -0.15) is 0 Å². The van der Waals surface area contributed by atoms with E-state index < -0.39 is 22.5 Å². The quantitative estimate of drug-likeness (QED) is 0.361. The Kier molecular flexibility index (Phi) is 7.23. The Balaban J connectivity index is 1.61. The van der Waals surface area contributed by atoms with Crippen LogP contribution in [0, 0.1) is 0 Å². The zero-order valence-corrected chi connectivity index (χ0v) is 20.9. The Labute approximate surface area is 207 Å². The van der Waals surface area contributed by atoms with Crippen molar-refractivity contribution in [2.45, 2.75) is 25.3 Å². The van der Waals surface area contributed by atoms with Crippen LogP contribution < -0.4 is 19.2 Å². The molecule has 0 aliphatic heterocycles. The number of rotatable bonds is 9. The summed E-state index contributed by atoms with van der Waals surface area (Å²) in [5.41, 5.74) is 1.65. The Hall–Kier alpha value is -3.63. The number of hydrogen-bond acceptors (Lipinski definition) is 6.